The predicted octanol–water partition coefficient (Wildman–Crippen LogP) is 2.42. The second-order valence-electron chi connectivity index (χ2n) is 3.99. The Morgan fingerprint density at radius 2 is 2.11 bits per heavy atom. The molecule has 0 aliphatic carbocycles. The number of rotatable bonds is 4. The van der Waals surface area contributed by atoms with Gasteiger partial charge in [0.25, 0.3) is 0 Å². The Morgan fingerprint density at radius 3 is 2.78 bits per heavy atom. The third kappa shape index (κ3) is 2.34. The zero-order valence-corrected chi connectivity index (χ0v) is 10.3. The number of aromatic nitrogens is 2. The van der Waals surface area contributed by atoms with E-state index in [2.05, 4.69) is 10.4 Å². The number of nitrogens with zero attached hydrogens (tertiary/aromatic N) is 2. The van der Waals surface area contributed by atoms with Crippen molar-refractivity contribution in [2.75, 3.05) is 5.32 Å². The number of benzene rings is 1. The topological polar surface area (TPSA) is 67.2 Å². The summed E-state index contributed by atoms with van der Waals surface area (Å²) in [5.74, 6) is -0.944. The Labute approximate surface area is 105 Å². The second kappa shape index (κ2) is 4.91. The van der Waals surface area contributed by atoms with Crippen molar-refractivity contribution in [3.63, 3.8) is 0 Å². The second-order valence-corrected chi connectivity index (χ2v) is 3.99. The molecule has 1 heterocycles. The number of hydrogen-bond acceptors (Lipinski definition) is 3. The first-order valence-corrected chi connectivity index (χ1v) is 5.73. The number of hydrogen-bond donors (Lipinski definition) is 2. The summed E-state index contributed by atoms with van der Waals surface area (Å²) in [4.78, 5) is 11.1. The average Bonchev–Trinajstić information content (AvgIpc) is 2.70. The molecule has 0 aliphatic rings. The van der Waals surface area contributed by atoms with Crippen molar-refractivity contribution in [1.29, 1.82) is 0 Å². The highest BCUT2D eigenvalue weighted by Crippen LogP contribution is 2.23. The number of carboxylic acids is 1. The van der Waals surface area contributed by atoms with Gasteiger partial charge in [-0.1, -0.05) is 19.1 Å². The number of anilines is 2. The van der Waals surface area contributed by atoms with Crippen LogP contribution in [0.4, 0.5) is 11.4 Å². The highest BCUT2D eigenvalue weighted by Gasteiger charge is 2.12. The minimum atomic E-state index is -0.944. The lowest BCUT2D eigenvalue weighted by molar-refractivity contribution is 0.0698. The van der Waals surface area contributed by atoms with Gasteiger partial charge < -0.3 is 10.4 Å². The average molecular weight is 245 g/mol. The summed E-state index contributed by atoms with van der Waals surface area (Å²) in [5, 5.41) is 16.6. The molecule has 0 unspecified atom stereocenters. The van der Waals surface area contributed by atoms with E-state index in [9.17, 15) is 4.79 Å². The van der Waals surface area contributed by atoms with Crippen LogP contribution in [0.5, 0.6) is 0 Å². The van der Waals surface area contributed by atoms with Crippen molar-refractivity contribution in [3.8, 4) is 0 Å². The molecule has 2 rings (SSSR count). The van der Waals surface area contributed by atoms with Gasteiger partial charge in [0.05, 0.1) is 22.6 Å². The Morgan fingerprint density at radius 1 is 1.39 bits per heavy atom. The van der Waals surface area contributed by atoms with Gasteiger partial charge in [-0.2, -0.15) is 5.10 Å². The van der Waals surface area contributed by atoms with Crippen LogP contribution >= 0.6 is 0 Å². The van der Waals surface area contributed by atoms with Gasteiger partial charge in [0.15, 0.2) is 0 Å². The van der Waals surface area contributed by atoms with Crippen LogP contribution in [-0.4, -0.2) is 20.9 Å². The minimum Gasteiger partial charge on any atom is -0.478 e. The van der Waals surface area contributed by atoms with Crippen molar-refractivity contribution in [2.45, 2.75) is 13.3 Å². The quantitative estimate of drug-likeness (QED) is 0.868. The lowest BCUT2D eigenvalue weighted by Gasteiger charge is -2.08. The molecule has 0 atom stereocenters. The van der Waals surface area contributed by atoms with E-state index in [0.29, 0.717) is 5.69 Å². The molecule has 2 N–H and O–H groups in total. The monoisotopic (exact) mass is 245 g/mol. The van der Waals surface area contributed by atoms with Crippen LogP contribution < -0.4 is 5.32 Å². The number of carboxylic acid groups (broad SMARTS) is 1. The van der Waals surface area contributed by atoms with Crippen LogP contribution in [0.15, 0.2) is 30.5 Å². The van der Waals surface area contributed by atoms with E-state index in [1.165, 1.54) is 0 Å². The summed E-state index contributed by atoms with van der Waals surface area (Å²) in [6.45, 7) is 2.01. The highest BCUT2D eigenvalue weighted by atomic mass is 16.4. The molecule has 2 aromatic rings. The van der Waals surface area contributed by atoms with Crippen LogP contribution in [0.3, 0.4) is 0 Å². The third-order valence-corrected chi connectivity index (χ3v) is 2.67. The predicted molar refractivity (Wildman–Crippen MR) is 69.3 cm³/mol. The summed E-state index contributed by atoms with van der Waals surface area (Å²) >= 11 is 0. The molecule has 0 spiro atoms. The Bertz CT molecular complexity index is 575. The smallest absolute Gasteiger partial charge is 0.337 e. The summed E-state index contributed by atoms with van der Waals surface area (Å²) < 4.78 is 1.71. The fourth-order valence-corrected chi connectivity index (χ4v) is 1.82. The van der Waals surface area contributed by atoms with Crippen molar-refractivity contribution < 1.29 is 9.90 Å². The van der Waals surface area contributed by atoms with Gasteiger partial charge in [0, 0.05) is 13.2 Å². The number of aromatic carboxylic acids is 1. The van der Waals surface area contributed by atoms with Gasteiger partial charge in [-0.25, -0.2) is 4.79 Å². The molecule has 0 amide bonds. The standard InChI is InChI=1S/C13H15N3O2/c1-3-10-12(8-16(2)15-10)14-11-7-5-4-6-9(11)13(17)18/h4-8,14H,3H2,1-2H3,(H,17,18). The molecule has 5 heteroatoms. The van der Waals surface area contributed by atoms with E-state index in [0.717, 1.165) is 17.8 Å². The third-order valence-electron chi connectivity index (χ3n) is 2.67. The van der Waals surface area contributed by atoms with E-state index in [1.54, 1.807) is 28.9 Å². The van der Waals surface area contributed by atoms with Crippen molar-refractivity contribution in [3.05, 3.63) is 41.7 Å². The first kappa shape index (κ1) is 12.2. The van der Waals surface area contributed by atoms with Crippen LogP contribution in [0.25, 0.3) is 0 Å². The van der Waals surface area contributed by atoms with Gasteiger partial charge in [0.2, 0.25) is 0 Å². The molecule has 1 aromatic carbocycles. The molecule has 18 heavy (non-hydrogen) atoms. The van der Waals surface area contributed by atoms with Crippen LogP contribution in [0.1, 0.15) is 23.0 Å². The summed E-state index contributed by atoms with van der Waals surface area (Å²) in [6.07, 6.45) is 2.63. The number of carbonyl (C=O) groups is 1. The molecule has 0 aliphatic heterocycles. The molecule has 1 aromatic heterocycles. The largest absolute Gasteiger partial charge is 0.478 e. The minimum absolute atomic E-state index is 0.253. The van der Waals surface area contributed by atoms with E-state index >= 15 is 0 Å². The van der Waals surface area contributed by atoms with Crippen LogP contribution in [0.2, 0.25) is 0 Å². The molecular weight excluding hydrogens is 230 g/mol. The molecule has 0 saturated heterocycles. The van der Waals surface area contributed by atoms with Gasteiger partial charge in [-0.3, -0.25) is 4.68 Å². The fourth-order valence-electron chi connectivity index (χ4n) is 1.82. The van der Waals surface area contributed by atoms with Crippen molar-refractivity contribution in [2.24, 2.45) is 7.05 Å². The Kier molecular flexibility index (Phi) is 3.32. The lowest BCUT2D eigenvalue weighted by atomic mass is 10.1. The Balaban J connectivity index is 2.36. The normalized spacial score (nSPS) is 10.3. The van der Waals surface area contributed by atoms with E-state index in [-0.39, 0.29) is 5.56 Å². The maximum Gasteiger partial charge on any atom is 0.337 e. The van der Waals surface area contributed by atoms with Gasteiger partial charge in [0.1, 0.15) is 0 Å². The molecule has 5 nitrogen and oxygen atoms in total. The molecular formula is C13H15N3O2. The van der Waals surface area contributed by atoms with Crippen molar-refractivity contribution >= 4 is 17.3 Å². The van der Waals surface area contributed by atoms with Gasteiger partial charge in [-0.15, -0.1) is 0 Å². The highest BCUT2D eigenvalue weighted by molar-refractivity contribution is 5.95. The van der Waals surface area contributed by atoms with E-state index in [4.69, 9.17) is 5.11 Å². The zero-order valence-electron chi connectivity index (χ0n) is 10.3. The first-order chi connectivity index (χ1) is 8.61. The molecule has 0 saturated carbocycles. The summed E-state index contributed by atoms with van der Waals surface area (Å²) in [5.41, 5.74) is 2.59. The number of aryl methyl sites for hydroxylation is 2. The SMILES string of the molecule is CCc1nn(C)cc1Nc1ccccc1C(=O)O. The van der Waals surface area contributed by atoms with Crippen LogP contribution in [0, 0.1) is 0 Å². The maximum atomic E-state index is 11.1. The molecule has 0 fully saturated rings. The van der Waals surface area contributed by atoms with Gasteiger partial charge >= 0.3 is 5.97 Å². The van der Waals surface area contributed by atoms with Crippen LogP contribution in [-0.2, 0) is 13.5 Å². The fraction of sp³-hybridized carbons (Fsp3) is 0.231. The number of nitrogens with one attached hydrogen (secondary N) is 1. The lowest BCUT2D eigenvalue weighted by Crippen LogP contribution is -2.02. The first-order valence-electron chi connectivity index (χ1n) is 5.73. The Hall–Kier alpha value is -2.30. The summed E-state index contributed by atoms with van der Waals surface area (Å²) in [7, 11) is 1.84. The van der Waals surface area contributed by atoms with E-state index in [1.807, 2.05) is 20.2 Å². The summed E-state index contributed by atoms with van der Waals surface area (Å²) in [6, 6.07) is 6.83. The molecule has 0 bridgehead atoms. The van der Waals surface area contributed by atoms with E-state index < -0.39 is 5.97 Å². The maximum absolute atomic E-state index is 11.1. The van der Waals surface area contributed by atoms with Gasteiger partial charge in [-0.05, 0) is 18.6 Å². The number of para-hydroxylation sites is 1. The van der Waals surface area contributed by atoms with Crippen molar-refractivity contribution in [1.82, 2.24) is 9.78 Å². The molecule has 0 radical (unpaired) electrons. The zero-order chi connectivity index (χ0) is 13.1. The molecule has 94 valence electrons.